The standard InChI is InChI=1S/C17H22N4O2S.2ClH/c1-11(12-9-18-10-12)16(22)19-13-2-3-14-15(8-13)24-17(20-14)21-4-6-23-7-5-21;;/h2-3,8,11-12,18H,4-7,9-10H2,1H3,(H,19,22);2*1H. The summed E-state index contributed by atoms with van der Waals surface area (Å²) in [5.74, 6) is 0.580. The molecule has 1 atom stereocenters. The van der Waals surface area contributed by atoms with Crippen molar-refractivity contribution in [2.75, 3.05) is 49.6 Å². The molecule has 1 aromatic carbocycles. The van der Waals surface area contributed by atoms with Gasteiger partial charge in [0.25, 0.3) is 0 Å². The van der Waals surface area contributed by atoms with Gasteiger partial charge in [-0.15, -0.1) is 24.8 Å². The molecule has 2 saturated heterocycles. The second-order valence-corrected chi connectivity index (χ2v) is 7.48. The van der Waals surface area contributed by atoms with E-state index in [0.717, 1.165) is 60.4 Å². The third-order valence-corrected chi connectivity index (χ3v) is 5.94. The minimum Gasteiger partial charge on any atom is -0.378 e. The molecular weight excluding hydrogens is 395 g/mol. The fraction of sp³-hybridized carbons (Fsp3) is 0.529. The SMILES string of the molecule is CC(C(=O)Nc1ccc2nc(N3CCOCC3)sc2c1)C1CNC1.Cl.Cl. The van der Waals surface area contributed by atoms with Crippen molar-refractivity contribution in [1.29, 1.82) is 0 Å². The minimum atomic E-state index is 0. The summed E-state index contributed by atoms with van der Waals surface area (Å²) in [5, 5.41) is 7.30. The fourth-order valence-corrected chi connectivity index (χ4v) is 4.07. The zero-order valence-electron chi connectivity index (χ0n) is 14.6. The van der Waals surface area contributed by atoms with E-state index in [0.29, 0.717) is 5.92 Å². The van der Waals surface area contributed by atoms with Crippen LogP contribution >= 0.6 is 36.2 Å². The molecule has 0 spiro atoms. The van der Waals surface area contributed by atoms with Crippen LogP contribution in [0, 0.1) is 11.8 Å². The van der Waals surface area contributed by atoms with Crippen LogP contribution in [0.3, 0.4) is 0 Å². The third kappa shape index (κ3) is 4.40. The van der Waals surface area contributed by atoms with E-state index in [1.54, 1.807) is 11.3 Å². The first-order chi connectivity index (χ1) is 11.7. The number of nitrogens with zero attached hydrogens (tertiary/aromatic N) is 2. The quantitative estimate of drug-likeness (QED) is 0.798. The van der Waals surface area contributed by atoms with Gasteiger partial charge in [-0.1, -0.05) is 18.3 Å². The highest BCUT2D eigenvalue weighted by atomic mass is 35.5. The molecule has 6 nitrogen and oxygen atoms in total. The maximum atomic E-state index is 12.4. The number of ether oxygens (including phenoxy) is 1. The molecule has 0 aliphatic carbocycles. The molecule has 1 aromatic heterocycles. The van der Waals surface area contributed by atoms with E-state index in [4.69, 9.17) is 9.72 Å². The number of morpholine rings is 1. The summed E-state index contributed by atoms with van der Waals surface area (Å²) in [7, 11) is 0. The summed E-state index contributed by atoms with van der Waals surface area (Å²) in [6.45, 7) is 7.16. The van der Waals surface area contributed by atoms with Crippen LogP contribution < -0.4 is 15.5 Å². The lowest BCUT2D eigenvalue weighted by molar-refractivity contribution is -0.121. The Kier molecular flexibility index (Phi) is 7.49. The van der Waals surface area contributed by atoms with E-state index in [2.05, 4.69) is 15.5 Å². The number of thiazole rings is 1. The van der Waals surface area contributed by atoms with E-state index in [-0.39, 0.29) is 36.6 Å². The predicted octanol–water partition coefficient (Wildman–Crippen LogP) is 2.77. The van der Waals surface area contributed by atoms with Gasteiger partial charge in [-0.3, -0.25) is 4.79 Å². The number of aromatic nitrogens is 1. The number of fused-ring (bicyclic) bond motifs is 1. The molecule has 0 radical (unpaired) electrons. The molecule has 26 heavy (non-hydrogen) atoms. The molecule has 2 fully saturated rings. The topological polar surface area (TPSA) is 66.5 Å². The normalized spacial score (nSPS) is 18.4. The number of amides is 1. The lowest BCUT2D eigenvalue weighted by Crippen LogP contribution is -2.48. The van der Waals surface area contributed by atoms with Gasteiger partial charge in [0.15, 0.2) is 5.13 Å². The minimum absolute atomic E-state index is 0. The number of carbonyl (C=O) groups excluding carboxylic acids is 1. The molecule has 0 saturated carbocycles. The van der Waals surface area contributed by atoms with Gasteiger partial charge in [0.2, 0.25) is 5.91 Å². The first-order valence-electron chi connectivity index (χ1n) is 8.45. The van der Waals surface area contributed by atoms with Crippen molar-refractivity contribution in [3.8, 4) is 0 Å². The average Bonchev–Trinajstić information content (AvgIpc) is 2.97. The number of carbonyl (C=O) groups is 1. The number of halogens is 2. The first kappa shape index (κ1) is 21.2. The fourth-order valence-electron chi connectivity index (χ4n) is 3.01. The Labute approximate surface area is 169 Å². The van der Waals surface area contributed by atoms with Crippen molar-refractivity contribution >= 4 is 63.1 Å². The molecule has 2 aliphatic rings. The van der Waals surface area contributed by atoms with Crippen LogP contribution in [0.25, 0.3) is 10.2 Å². The molecular formula is C17H24Cl2N4O2S. The largest absolute Gasteiger partial charge is 0.378 e. The Bertz CT molecular complexity index is 747. The summed E-state index contributed by atoms with van der Waals surface area (Å²) in [6, 6.07) is 5.95. The Balaban J connectivity index is 0.00000121. The van der Waals surface area contributed by atoms with Crippen LogP contribution in [-0.4, -0.2) is 50.3 Å². The van der Waals surface area contributed by atoms with Crippen LogP contribution in [0.5, 0.6) is 0 Å². The predicted molar refractivity (Wildman–Crippen MR) is 111 cm³/mol. The van der Waals surface area contributed by atoms with Gasteiger partial charge in [-0.05, 0) is 37.2 Å². The van der Waals surface area contributed by atoms with Gasteiger partial charge in [0.05, 0.1) is 23.4 Å². The van der Waals surface area contributed by atoms with Gasteiger partial charge >= 0.3 is 0 Å². The number of benzene rings is 1. The molecule has 2 N–H and O–H groups in total. The highest BCUT2D eigenvalue weighted by molar-refractivity contribution is 7.22. The molecule has 1 amide bonds. The lowest BCUT2D eigenvalue weighted by Gasteiger charge is -2.31. The summed E-state index contributed by atoms with van der Waals surface area (Å²) >= 11 is 1.67. The van der Waals surface area contributed by atoms with Crippen molar-refractivity contribution in [3.05, 3.63) is 18.2 Å². The summed E-state index contributed by atoms with van der Waals surface area (Å²) in [4.78, 5) is 19.3. The van der Waals surface area contributed by atoms with Gasteiger partial charge in [0, 0.05) is 24.7 Å². The number of rotatable bonds is 4. The third-order valence-electron chi connectivity index (χ3n) is 4.86. The first-order valence-corrected chi connectivity index (χ1v) is 9.27. The zero-order valence-corrected chi connectivity index (χ0v) is 17.0. The summed E-state index contributed by atoms with van der Waals surface area (Å²) < 4.78 is 6.50. The monoisotopic (exact) mass is 418 g/mol. The average molecular weight is 419 g/mol. The Morgan fingerprint density at radius 3 is 2.73 bits per heavy atom. The van der Waals surface area contributed by atoms with Crippen LogP contribution in [0.4, 0.5) is 10.8 Å². The highest BCUT2D eigenvalue weighted by Gasteiger charge is 2.28. The van der Waals surface area contributed by atoms with Crippen molar-refractivity contribution < 1.29 is 9.53 Å². The van der Waals surface area contributed by atoms with Crippen molar-refractivity contribution in [3.63, 3.8) is 0 Å². The van der Waals surface area contributed by atoms with Gasteiger partial charge in [0.1, 0.15) is 0 Å². The second-order valence-electron chi connectivity index (χ2n) is 6.47. The highest BCUT2D eigenvalue weighted by Crippen LogP contribution is 2.31. The second kappa shape index (κ2) is 9.19. The smallest absolute Gasteiger partial charge is 0.227 e. The van der Waals surface area contributed by atoms with Crippen molar-refractivity contribution in [1.82, 2.24) is 10.3 Å². The number of hydrogen-bond acceptors (Lipinski definition) is 6. The van der Waals surface area contributed by atoms with Crippen molar-refractivity contribution in [2.24, 2.45) is 11.8 Å². The lowest BCUT2D eigenvalue weighted by atomic mass is 9.88. The van der Waals surface area contributed by atoms with Crippen LogP contribution in [0.1, 0.15) is 6.92 Å². The Morgan fingerprint density at radius 1 is 1.35 bits per heavy atom. The Morgan fingerprint density at radius 2 is 2.08 bits per heavy atom. The van der Waals surface area contributed by atoms with Crippen LogP contribution in [-0.2, 0) is 9.53 Å². The molecule has 0 bridgehead atoms. The Hall–Kier alpha value is -1.12. The van der Waals surface area contributed by atoms with Crippen LogP contribution in [0.2, 0.25) is 0 Å². The van der Waals surface area contributed by atoms with Crippen molar-refractivity contribution in [2.45, 2.75) is 6.92 Å². The molecule has 3 heterocycles. The van der Waals surface area contributed by atoms with E-state index < -0.39 is 0 Å². The van der Waals surface area contributed by atoms with Crippen LogP contribution in [0.15, 0.2) is 18.2 Å². The summed E-state index contributed by atoms with van der Waals surface area (Å²) in [6.07, 6.45) is 0. The number of anilines is 2. The number of hydrogen-bond donors (Lipinski definition) is 2. The maximum absolute atomic E-state index is 12.4. The molecule has 2 aromatic rings. The van der Waals surface area contributed by atoms with Gasteiger partial charge < -0.3 is 20.3 Å². The molecule has 1 unspecified atom stereocenters. The molecule has 2 aliphatic heterocycles. The molecule has 144 valence electrons. The zero-order chi connectivity index (χ0) is 16.5. The van der Waals surface area contributed by atoms with E-state index in [1.807, 2.05) is 25.1 Å². The van der Waals surface area contributed by atoms with Gasteiger partial charge in [-0.25, -0.2) is 4.98 Å². The number of nitrogens with one attached hydrogen (secondary N) is 2. The maximum Gasteiger partial charge on any atom is 0.227 e. The van der Waals surface area contributed by atoms with E-state index in [9.17, 15) is 4.79 Å². The summed E-state index contributed by atoms with van der Waals surface area (Å²) in [5.41, 5.74) is 1.83. The van der Waals surface area contributed by atoms with E-state index in [1.165, 1.54) is 0 Å². The molecule has 9 heteroatoms. The van der Waals surface area contributed by atoms with Gasteiger partial charge in [-0.2, -0.15) is 0 Å². The molecule has 4 rings (SSSR count). The van der Waals surface area contributed by atoms with E-state index >= 15 is 0 Å².